The lowest BCUT2D eigenvalue weighted by Crippen LogP contribution is -2.01. The van der Waals surface area contributed by atoms with Gasteiger partial charge in [0.25, 0.3) is 0 Å². The lowest BCUT2D eigenvalue weighted by molar-refractivity contribution is -0.134. The van der Waals surface area contributed by atoms with E-state index in [4.69, 9.17) is 11.6 Å². The SMILES string of the molecule is COC(=O)C=Cc1ccc(C(=O)OC)c(Cl)c1. The number of ether oxygens (including phenoxy) is 2. The van der Waals surface area contributed by atoms with Crippen LogP contribution in [0.25, 0.3) is 6.08 Å². The number of rotatable bonds is 3. The molecule has 0 amide bonds. The third-order valence-corrected chi connectivity index (χ3v) is 2.32. The zero-order valence-electron chi connectivity index (χ0n) is 9.40. The molecule has 0 saturated heterocycles. The van der Waals surface area contributed by atoms with Crippen molar-refractivity contribution in [1.29, 1.82) is 0 Å². The quantitative estimate of drug-likeness (QED) is 0.614. The maximum Gasteiger partial charge on any atom is 0.339 e. The van der Waals surface area contributed by atoms with Crippen LogP contribution < -0.4 is 0 Å². The van der Waals surface area contributed by atoms with E-state index in [9.17, 15) is 9.59 Å². The van der Waals surface area contributed by atoms with Gasteiger partial charge in [-0.1, -0.05) is 17.7 Å². The van der Waals surface area contributed by atoms with E-state index >= 15 is 0 Å². The zero-order valence-corrected chi connectivity index (χ0v) is 10.2. The normalized spacial score (nSPS) is 10.3. The maximum absolute atomic E-state index is 11.3. The lowest BCUT2D eigenvalue weighted by atomic mass is 10.1. The smallest absolute Gasteiger partial charge is 0.339 e. The Hall–Kier alpha value is -1.81. The van der Waals surface area contributed by atoms with Gasteiger partial charge in [-0.15, -0.1) is 0 Å². The Balaban J connectivity index is 2.93. The third-order valence-electron chi connectivity index (χ3n) is 2.01. The number of carbonyl (C=O) groups excluding carboxylic acids is 2. The topological polar surface area (TPSA) is 52.6 Å². The Morgan fingerprint density at radius 2 is 1.94 bits per heavy atom. The molecule has 0 radical (unpaired) electrons. The average molecular weight is 255 g/mol. The number of hydrogen-bond acceptors (Lipinski definition) is 4. The molecule has 0 atom stereocenters. The van der Waals surface area contributed by atoms with Crippen LogP contribution in [0.3, 0.4) is 0 Å². The second kappa shape index (κ2) is 6.06. The van der Waals surface area contributed by atoms with E-state index < -0.39 is 11.9 Å². The Labute approximate surface area is 104 Å². The van der Waals surface area contributed by atoms with E-state index in [1.165, 1.54) is 26.4 Å². The van der Waals surface area contributed by atoms with Crippen molar-refractivity contribution in [2.75, 3.05) is 14.2 Å². The Morgan fingerprint density at radius 1 is 1.24 bits per heavy atom. The summed E-state index contributed by atoms with van der Waals surface area (Å²) in [6.07, 6.45) is 2.81. The number of methoxy groups -OCH3 is 2. The summed E-state index contributed by atoms with van der Waals surface area (Å²) in [5, 5.41) is 0.267. The summed E-state index contributed by atoms with van der Waals surface area (Å²) in [5.74, 6) is -0.961. The Bertz CT molecular complexity index is 466. The van der Waals surface area contributed by atoms with Gasteiger partial charge in [0.2, 0.25) is 0 Å². The van der Waals surface area contributed by atoms with Crippen molar-refractivity contribution in [2.24, 2.45) is 0 Å². The molecule has 0 aliphatic rings. The van der Waals surface area contributed by atoms with Crippen LogP contribution in [0.4, 0.5) is 0 Å². The highest BCUT2D eigenvalue weighted by Crippen LogP contribution is 2.19. The molecule has 0 unspecified atom stereocenters. The second-order valence-corrected chi connectivity index (χ2v) is 3.49. The molecule has 0 aromatic heterocycles. The van der Waals surface area contributed by atoms with Crippen molar-refractivity contribution in [3.63, 3.8) is 0 Å². The van der Waals surface area contributed by atoms with Gasteiger partial charge in [0.1, 0.15) is 0 Å². The van der Waals surface area contributed by atoms with Crippen molar-refractivity contribution < 1.29 is 19.1 Å². The van der Waals surface area contributed by atoms with Crippen LogP contribution in [0.5, 0.6) is 0 Å². The van der Waals surface area contributed by atoms with Gasteiger partial charge in [0, 0.05) is 6.08 Å². The fourth-order valence-electron chi connectivity index (χ4n) is 1.14. The molecule has 0 fully saturated rings. The zero-order chi connectivity index (χ0) is 12.8. The fraction of sp³-hybridized carbons (Fsp3) is 0.167. The molecule has 5 heteroatoms. The molecule has 0 aliphatic heterocycles. The van der Waals surface area contributed by atoms with Crippen LogP contribution in [0.15, 0.2) is 24.3 Å². The summed E-state index contributed by atoms with van der Waals surface area (Å²) in [4.78, 5) is 22.1. The van der Waals surface area contributed by atoms with E-state index in [2.05, 4.69) is 9.47 Å². The summed E-state index contributed by atoms with van der Waals surface area (Å²) < 4.78 is 9.01. The molecule has 90 valence electrons. The summed E-state index contributed by atoms with van der Waals surface area (Å²) in [6.45, 7) is 0. The van der Waals surface area contributed by atoms with E-state index in [0.717, 1.165) is 0 Å². The van der Waals surface area contributed by atoms with Gasteiger partial charge < -0.3 is 9.47 Å². The molecule has 1 aromatic rings. The van der Waals surface area contributed by atoms with Gasteiger partial charge in [-0.3, -0.25) is 0 Å². The van der Waals surface area contributed by atoms with Crippen LogP contribution in [0, 0.1) is 0 Å². The van der Waals surface area contributed by atoms with E-state index in [1.54, 1.807) is 18.2 Å². The predicted molar refractivity (Wildman–Crippen MR) is 63.8 cm³/mol. The number of esters is 2. The molecule has 1 aromatic carbocycles. The first-order chi connectivity index (χ1) is 8.08. The summed E-state index contributed by atoms with van der Waals surface area (Å²) in [5.41, 5.74) is 0.970. The van der Waals surface area contributed by atoms with Gasteiger partial charge in [0.15, 0.2) is 0 Å². The second-order valence-electron chi connectivity index (χ2n) is 3.09. The largest absolute Gasteiger partial charge is 0.466 e. The number of carbonyl (C=O) groups is 2. The lowest BCUT2D eigenvalue weighted by Gasteiger charge is -2.02. The van der Waals surface area contributed by atoms with Crippen molar-refractivity contribution >= 4 is 29.6 Å². The van der Waals surface area contributed by atoms with Gasteiger partial charge in [-0.2, -0.15) is 0 Å². The molecular formula is C12H11ClO4. The van der Waals surface area contributed by atoms with Crippen molar-refractivity contribution in [1.82, 2.24) is 0 Å². The minimum Gasteiger partial charge on any atom is -0.466 e. The predicted octanol–water partition coefficient (Wildman–Crippen LogP) is 2.31. The van der Waals surface area contributed by atoms with Gasteiger partial charge in [-0.05, 0) is 23.8 Å². The standard InChI is InChI=1S/C12H11ClO4/c1-16-11(14)6-4-8-3-5-9(10(13)7-8)12(15)17-2/h3-7H,1-2H3. The molecule has 0 saturated carbocycles. The first-order valence-electron chi connectivity index (χ1n) is 4.72. The van der Waals surface area contributed by atoms with Crippen LogP contribution in [0.1, 0.15) is 15.9 Å². The monoisotopic (exact) mass is 254 g/mol. The van der Waals surface area contributed by atoms with Crippen molar-refractivity contribution in [3.8, 4) is 0 Å². The fourth-order valence-corrected chi connectivity index (χ4v) is 1.41. The highest BCUT2D eigenvalue weighted by Gasteiger charge is 2.09. The van der Waals surface area contributed by atoms with E-state index in [0.29, 0.717) is 5.56 Å². The molecule has 0 bridgehead atoms. The minimum absolute atomic E-state index is 0.267. The van der Waals surface area contributed by atoms with Crippen molar-refractivity contribution in [3.05, 3.63) is 40.4 Å². The van der Waals surface area contributed by atoms with Gasteiger partial charge in [-0.25, -0.2) is 9.59 Å². The molecule has 0 heterocycles. The van der Waals surface area contributed by atoms with E-state index in [1.807, 2.05) is 0 Å². The Morgan fingerprint density at radius 3 is 2.47 bits per heavy atom. The molecule has 0 spiro atoms. The number of halogens is 1. The summed E-state index contributed by atoms with van der Waals surface area (Å²) in [6, 6.07) is 4.75. The number of benzene rings is 1. The van der Waals surface area contributed by atoms with Crippen molar-refractivity contribution in [2.45, 2.75) is 0 Å². The molecule has 1 rings (SSSR count). The highest BCUT2D eigenvalue weighted by molar-refractivity contribution is 6.33. The molecule has 0 aliphatic carbocycles. The maximum atomic E-state index is 11.3. The summed E-state index contributed by atoms with van der Waals surface area (Å²) >= 11 is 5.90. The van der Waals surface area contributed by atoms with Crippen LogP contribution in [-0.2, 0) is 14.3 Å². The Kier molecular flexibility index (Phi) is 4.72. The third kappa shape index (κ3) is 3.60. The summed E-state index contributed by atoms with van der Waals surface area (Å²) in [7, 11) is 2.57. The van der Waals surface area contributed by atoms with Gasteiger partial charge in [0.05, 0.1) is 24.8 Å². The van der Waals surface area contributed by atoms with Crippen LogP contribution >= 0.6 is 11.6 Å². The van der Waals surface area contributed by atoms with E-state index in [-0.39, 0.29) is 10.6 Å². The molecule has 17 heavy (non-hydrogen) atoms. The van der Waals surface area contributed by atoms with Gasteiger partial charge >= 0.3 is 11.9 Å². The molecular weight excluding hydrogens is 244 g/mol. The minimum atomic E-state index is -0.501. The first-order valence-corrected chi connectivity index (χ1v) is 5.10. The van der Waals surface area contributed by atoms with Crippen LogP contribution in [0.2, 0.25) is 5.02 Å². The molecule has 0 N–H and O–H groups in total. The number of hydrogen-bond donors (Lipinski definition) is 0. The molecule has 4 nitrogen and oxygen atoms in total. The van der Waals surface area contributed by atoms with Crippen LogP contribution in [-0.4, -0.2) is 26.2 Å². The highest BCUT2D eigenvalue weighted by atomic mass is 35.5. The average Bonchev–Trinajstić information content (AvgIpc) is 2.35. The first kappa shape index (κ1) is 13.3.